The Morgan fingerprint density at radius 1 is 1.04 bits per heavy atom. The van der Waals surface area contributed by atoms with Gasteiger partial charge in [0.15, 0.2) is 4.90 Å². The number of rotatable bonds is 6. The fourth-order valence-corrected chi connectivity index (χ4v) is 4.93. The van der Waals surface area contributed by atoms with Gasteiger partial charge in [0.25, 0.3) is 15.7 Å². The van der Waals surface area contributed by atoms with Crippen molar-refractivity contribution in [2.45, 2.75) is 17.9 Å². The Labute approximate surface area is 166 Å². The fraction of sp³-hybridized carbons (Fsp3) is 0.105. The van der Waals surface area contributed by atoms with Gasteiger partial charge in [-0.05, 0) is 36.0 Å². The second-order valence-corrected chi connectivity index (χ2v) is 8.16. The lowest BCUT2D eigenvalue weighted by Gasteiger charge is -2.29. The van der Waals surface area contributed by atoms with Gasteiger partial charge in [-0.1, -0.05) is 48.5 Å². The number of nitro benzene ring substituents is 1. The fourth-order valence-electron chi connectivity index (χ4n) is 2.97. The number of anilines is 1. The van der Waals surface area contributed by atoms with Crippen molar-refractivity contribution in [3.63, 3.8) is 0 Å². The Morgan fingerprint density at radius 2 is 1.64 bits per heavy atom. The molecule has 0 spiro atoms. The van der Waals surface area contributed by atoms with Gasteiger partial charge >= 0.3 is 0 Å². The van der Waals surface area contributed by atoms with Gasteiger partial charge in [-0.15, -0.1) is 0 Å². The lowest BCUT2D eigenvalue weighted by Crippen LogP contribution is -2.42. The molecule has 0 N–H and O–H groups in total. The minimum Gasteiger partial charge on any atom is -0.279 e. The highest BCUT2D eigenvalue weighted by atomic mass is 35.5. The first-order valence-corrected chi connectivity index (χ1v) is 10.0. The molecule has 1 unspecified atom stereocenters. The molecule has 3 rings (SSSR count). The van der Waals surface area contributed by atoms with Crippen molar-refractivity contribution in [1.82, 2.24) is 0 Å². The number of para-hydroxylation sites is 1. The van der Waals surface area contributed by atoms with Crippen molar-refractivity contribution >= 4 is 49.0 Å². The number of sulfonamides is 1. The van der Waals surface area contributed by atoms with Crippen molar-refractivity contribution in [1.29, 1.82) is 0 Å². The summed E-state index contributed by atoms with van der Waals surface area (Å²) < 4.78 is 27.8. The maximum atomic E-state index is 13.5. The van der Waals surface area contributed by atoms with Gasteiger partial charge in [0.2, 0.25) is 5.24 Å². The van der Waals surface area contributed by atoms with Gasteiger partial charge in [-0.25, -0.2) is 8.42 Å². The van der Waals surface area contributed by atoms with Crippen LogP contribution in [0.5, 0.6) is 0 Å². The SMILES string of the molecule is CC(C(=O)Cl)N(c1cccc2ccccc12)S(=O)(=O)c1ccccc1[N+](=O)[O-]. The van der Waals surface area contributed by atoms with E-state index in [-0.39, 0.29) is 5.69 Å². The van der Waals surface area contributed by atoms with E-state index in [4.69, 9.17) is 11.6 Å². The van der Waals surface area contributed by atoms with Crippen LogP contribution in [0.1, 0.15) is 6.92 Å². The van der Waals surface area contributed by atoms with E-state index in [1.54, 1.807) is 36.4 Å². The number of hydrogen-bond donors (Lipinski definition) is 0. The number of fused-ring (bicyclic) bond motifs is 1. The maximum absolute atomic E-state index is 13.5. The molecule has 0 amide bonds. The van der Waals surface area contributed by atoms with Crippen molar-refractivity contribution in [2.75, 3.05) is 4.31 Å². The average molecular weight is 419 g/mol. The zero-order chi connectivity index (χ0) is 20.5. The standard InChI is InChI=1S/C19H15ClN2O5S/c1-13(19(20)23)21(16-11-6-8-14-7-2-3-9-15(14)16)28(26,27)18-12-5-4-10-17(18)22(24)25/h2-13H,1H3. The van der Waals surface area contributed by atoms with Gasteiger partial charge in [-0.3, -0.25) is 19.2 Å². The van der Waals surface area contributed by atoms with Crippen LogP contribution in [-0.4, -0.2) is 24.6 Å². The number of carbonyl (C=O) groups excluding carboxylic acids is 1. The predicted molar refractivity (Wildman–Crippen MR) is 107 cm³/mol. The molecule has 0 heterocycles. The molecule has 7 nitrogen and oxygen atoms in total. The van der Waals surface area contributed by atoms with E-state index < -0.39 is 36.8 Å². The highest BCUT2D eigenvalue weighted by Crippen LogP contribution is 2.35. The minimum absolute atomic E-state index is 0.206. The molecule has 3 aromatic rings. The van der Waals surface area contributed by atoms with E-state index in [9.17, 15) is 23.3 Å². The summed E-state index contributed by atoms with van der Waals surface area (Å²) in [5.74, 6) is 0. The summed E-state index contributed by atoms with van der Waals surface area (Å²) in [7, 11) is -4.48. The van der Waals surface area contributed by atoms with Crippen molar-refractivity contribution in [3.05, 3.63) is 76.8 Å². The van der Waals surface area contributed by atoms with Gasteiger partial charge in [-0.2, -0.15) is 0 Å². The Morgan fingerprint density at radius 3 is 2.32 bits per heavy atom. The quantitative estimate of drug-likeness (QED) is 0.341. The van der Waals surface area contributed by atoms with Gasteiger partial charge in [0, 0.05) is 11.5 Å². The zero-order valence-electron chi connectivity index (χ0n) is 14.7. The maximum Gasteiger partial charge on any atom is 0.289 e. The average Bonchev–Trinajstić information content (AvgIpc) is 2.68. The number of benzene rings is 3. The molecule has 3 aromatic carbocycles. The molecule has 144 valence electrons. The van der Waals surface area contributed by atoms with Crippen molar-refractivity contribution < 1.29 is 18.1 Å². The third-order valence-electron chi connectivity index (χ3n) is 4.28. The first-order chi connectivity index (χ1) is 13.2. The molecule has 9 heteroatoms. The van der Waals surface area contributed by atoms with Crippen LogP contribution in [0.25, 0.3) is 10.8 Å². The Balaban J connectivity index is 2.33. The normalized spacial score (nSPS) is 12.5. The molecule has 0 aliphatic carbocycles. The summed E-state index contributed by atoms with van der Waals surface area (Å²) in [6.45, 7) is 1.34. The number of halogens is 1. The van der Waals surface area contributed by atoms with Crippen LogP contribution >= 0.6 is 11.6 Å². The van der Waals surface area contributed by atoms with E-state index in [1.807, 2.05) is 0 Å². The number of nitrogens with zero attached hydrogens (tertiary/aromatic N) is 2. The highest BCUT2D eigenvalue weighted by molar-refractivity contribution is 7.93. The molecular formula is C19H15ClN2O5S. The molecule has 0 bridgehead atoms. The predicted octanol–water partition coefficient (Wildman–Crippen LogP) is 4.10. The van der Waals surface area contributed by atoms with Crippen LogP contribution in [0.4, 0.5) is 11.4 Å². The number of nitro groups is 1. The van der Waals surface area contributed by atoms with Gasteiger partial charge in [0.05, 0.1) is 10.6 Å². The summed E-state index contributed by atoms with van der Waals surface area (Å²) in [6.07, 6.45) is 0. The summed E-state index contributed by atoms with van der Waals surface area (Å²) in [5.41, 5.74) is -0.375. The third-order valence-corrected chi connectivity index (χ3v) is 6.53. The van der Waals surface area contributed by atoms with Crippen LogP contribution in [0.2, 0.25) is 0 Å². The lowest BCUT2D eigenvalue weighted by molar-refractivity contribution is -0.387. The van der Waals surface area contributed by atoms with E-state index in [0.717, 1.165) is 21.8 Å². The van der Waals surface area contributed by atoms with E-state index in [1.165, 1.54) is 25.1 Å². The zero-order valence-corrected chi connectivity index (χ0v) is 16.2. The second-order valence-electron chi connectivity index (χ2n) is 6.00. The third kappa shape index (κ3) is 3.44. The topological polar surface area (TPSA) is 97.6 Å². The number of hydrogen-bond acceptors (Lipinski definition) is 5. The first kappa shape index (κ1) is 19.8. The highest BCUT2D eigenvalue weighted by Gasteiger charge is 2.37. The molecule has 0 aliphatic heterocycles. The smallest absolute Gasteiger partial charge is 0.279 e. The molecule has 0 saturated carbocycles. The second kappa shape index (κ2) is 7.57. The molecule has 0 fully saturated rings. The molecule has 1 atom stereocenters. The summed E-state index contributed by atoms with van der Waals surface area (Å²) in [6, 6.07) is 15.7. The number of carbonyl (C=O) groups is 1. The minimum atomic E-state index is -4.48. The molecule has 28 heavy (non-hydrogen) atoms. The monoisotopic (exact) mass is 418 g/mol. The van der Waals surface area contributed by atoms with Crippen LogP contribution in [0, 0.1) is 10.1 Å². The van der Waals surface area contributed by atoms with Crippen LogP contribution in [0.15, 0.2) is 71.6 Å². The van der Waals surface area contributed by atoms with Gasteiger partial charge in [0.1, 0.15) is 6.04 Å². The largest absolute Gasteiger partial charge is 0.289 e. The van der Waals surface area contributed by atoms with Crippen LogP contribution in [0.3, 0.4) is 0 Å². The summed E-state index contributed by atoms with van der Waals surface area (Å²) in [4.78, 5) is 22.0. The Bertz CT molecular complexity index is 1170. The summed E-state index contributed by atoms with van der Waals surface area (Å²) >= 11 is 5.64. The van der Waals surface area contributed by atoms with Crippen molar-refractivity contribution in [3.8, 4) is 0 Å². The molecular weight excluding hydrogens is 404 g/mol. The van der Waals surface area contributed by atoms with Crippen LogP contribution < -0.4 is 4.31 Å². The van der Waals surface area contributed by atoms with E-state index in [0.29, 0.717) is 5.39 Å². The molecule has 0 radical (unpaired) electrons. The van der Waals surface area contributed by atoms with Gasteiger partial charge < -0.3 is 0 Å². The lowest BCUT2D eigenvalue weighted by atomic mass is 10.1. The van der Waals surface area contributed by atoms with Crippen LogP contribution in [-0.2, 0) is 14.8 Å². The van der Waals surface area contributed by atoms with E-state index >= 15 is 0 Å². The molecule has 0 aromatic heterocycles. The summed E-state index contributed by atoms with van der Waals surface area (Å²) in [5, 5.41) is 11.8. The van der Waals surface area contributed by atoms with Crippen molar-refractivity contribution in [2.24, 2.45) is 0 Å². The molecule has 0 aliphatic rings. The Hall–Kier alpha value is -2.97. The van der Waals surface area contributed by atoms with E-state index in [2.05, 4.69) is 0 Å². The Kier molecular flexibility index (Phi) is 5.35. The first-order valence-electron chi connectivity index (χ1n) is 8.20. The molecule has 0 saturated heterocycles.